The van der Waals surface area contributed by atoms with Gasteiger partial charge in [0.2, 0.25) is 5.91 Å². The molecule has 3 atom stereocenters. The number of methoxy groups -OCH3 is 1. The Bertz CT molecular complexity index is 1570. The highest BCUT2D eigenvalue weighted by Gasteiger charge is 2.55. The molecule has 3 aliphatic heterocycles. The number of rotatable bonds is 8. The minimum atomic E-state index is -1.57. The van der Waals surface area contributed by atoms with Crippen molar-refractivity contribution in [1.82, 2.24) is 14.8 Å². The first-order chi connectivity index (χ1) is 20.3. The van der Waals surface area contributed by atoms with Gasteiger partial charge in [-0.1, -0.05) is 18.2 Å². The average Bonchev–Trinajstić information content (AvgIpc) is 2.98. The van der Waals surface area contributed by atoms with Crippen LogP contribution in [0, 0.1) is 11.3 Å². The second-order valence-electron chi connectivity index (χ2n) is 11.3. The number of anilines is 1. The molecule has 2 saturated heterocycles. The quantitative estimate of drug-likeness (QED) is 0.414. The average molecular weight is 571 g/mol. The number of piperidine rings is 1. The monoisotopic (exact) mass is 570 g/mol. The van der Waals surface area contributed by atoms with Crippen LogP contribution >= 0.6 is 0 Å². The minimum absolute atomic E-state index is 0.00176. The topological polar surface area (TPSA) is 110 Å². The van der Waals surface area contributed by atoms with E-state index in [-0.39, 0.29) is 30.4 Å². The van der Waals surface area contributed by atoms with Gasteiger partial charge in [-0.05, 0) is 73.7 Å². The summed E-state index contributed by atoms with van der Waals surface area (Å²) in [6.07, 6.45) is 1.05. The van der Waals surface area contributed by atoms with E-state index in [2.05, 4.69) is 10.2 Å². The molecule has 218 valence electrons. The first-order valence-corrected chi connectivity index (χ1v) is 14.3. The number of likely N-dealkylation sites (tertiary alicyclic amines) is 1. The van der Waals surface area contributed by atoms with Gasteiger partial charge in [0, 0.05) is 43.9 Å². The molecule has 4 amide bonds. The van der Waals surface area contributed by atoms with Crippen LogP contribution in [-0.2, 0) is 22.6 Å². The molecule has 0 unspecified atom stereocenters. The van der Waals surface area contributed by atoms with Crippen LogP contribution in [-0.4, -0.2) is 60.7 Å². The molecule has 3 aliphatic rings. The van der Waals surface area contributed by atoms with E-state index >= 15 is 0 Å². The van der Waals surface area contributed by atoms with E-state index in [1.807, 2.05) is 41.8 Å². The molecule has 0 spiro atoms. The molecule has 4 heterocycles. The fraction of sp³-hybridized carbons (Fsp3) is 0.375. The Morgan fingerprint density at radius 1 is 0.905 bits per heavy atom. The fourth-order valence-corrected chi connectivity index (χ4v) is 6.72. The Balaban J connectivity index is 1.36. The number of nitrogens with zero attached hydrogens (tertiary/aromatic N) is 3. The van der Waals surface area contributed by atoms with E-state index in [0.717, 1.165) is 22.6 Å². The fourth-order valence-electron chi connectivity index (χ4n) is 6.72. The largest absolute Gasteiger partial charge is 0.497 e. The van der Waals surface area contributed by atoms with E-state index in [9.17, 15) is 19.2 Å². The number of hydrogen-bond acceptors (Lipinski definition) is 7. The number of benzene rings is 2. The van der Waals surface area contributed by atoms with E-state index < -0.39 is 23.3 Å². The Hall–Kier alpha value is -4.44. The van der Waals surface area contributed by atoms with Crippen molar-refractivity contribution in [2.75, 3.05) is 38.3 Å². The lowest BCUT2D eigenvalue weighted by molar-refractivity contribution is -0.144. The van der Waals surface area contributed by atoms with Crippen molar-refractivity contribution >= 4 is 23.5 Å². The van der Waals surface area contributed by atoms with Crippen molar-refractivity contribution in [1.29, 1.82) is 0 Å². The summed E-state index contributed by atoms with van der Waals surface area (Å²) in [5.41, 5.74) is 0.547. The number of pyridine rings is 1. The van der Waals surface area contributed by atoms with E-state index in [1.54, 1.807) is 36.4 Å². The summed E-state index contributed by atoms with van der Waals surface area (Å²) in [5.74, 6) is 0.420. The van der Waals surface area contributed by atoms with E-state index in [0.29, 0.717) is 43.4 Å². The number of imide groups is 2. The molecular formula is C32H34N4O6. The highest BCUT2D eigenvalue weighted by molar-refractivity contribution is 6.30. The molecule has 0 radical (unpaired) electrons. The lowest BCUT2D eigenvalue weighted by Gasteiger charge is -2.47. The zero-order valence-electron chi connectivity index (χ0n) is 23.7. The van der Waals surface area contributed by atoms with Crippen LogP contribution < -0.4 is 25.2 Å². The predicted molar refractivity (Wildman–Crippen MR) is 156 cm³/mol. The molecule has 10 heteroatoms. The van der Waals surface area contributed by atoms with Gasteiger partial charge >= 0.3 is 6.03 Å². The molecule has 0 saturated carbocycles. The second kappa shape index (κ2) is 11.1. The summed E-state index contributed by atoms with van der Waals surface area (Å²) in [5, 5.41) is 2.49. The minimum Gasteiger partial charge on any atom is -0.497 e. The number of ether oxygens (including phenoxy) is 2. The first-order valence-electron chi connectivity index (χ1n) is 14.3. The van der Waals surface area contributed by atoms with Crippen molar-refractivity contribution in [3.05, 3.63) is 88.3 Å². The van der Waals surface area contributed by atoms with Crippen molar-refractivity contribution in [3.63, 3.8) is 0 Å². The number of carbonyl (C=O) groups is 3. The number of amides is 4. The van der Waals surface area contributed by atoms with Gasteiger partial charge in [0.15, 0.2) is 0 Å². The lowest BCUT2D eigenvalue weighted by atomic mass is 9.75. The van der Waals surface area contributed by atoms with Gasteiger partial charge in [-0.3, -0.25) is 19.7 Å². The molecule has 2 aromatic carbocycles. The predicted octanol–water partition coefficient (Wildman–Crippen LogP) is 3.19. The normalized spacial score (nSPS) is 23.8. The van der Waals surface area contributed by atoms with Gasteiger partial charge in [-0.2, -0.15) is 0 Å². The molecule has 3 aromatic rings. The second-order valence-corrected chi connectivity index (χ2v) is 11.3. The molecule has 2 fully saturated rings. The van der Waals surface area contributed by atoms with Gasteiger partial charge in [-0.15, -0.1) is 0 Å². The molecule has 42 heavy (non-hydrogen) atoms. The van der Waals surface area contributed by atoms with Crippen LogP contribution in [0.3, 0.4) is 0 Å². The summed E-state index contributed by atoms with van der Waals surface area (Å²) in [6, 6.07) is 18.6. The maximum atomic E-state index is 14.5. The highest BCUT2D eigenvalue weighted by Crippen LogP contribution is 2.39. The summed E-state index contributed by atoms with van der Waals surface area (Å²) in [4.78, 5) is 57.2. The third-order valence-corrected chi connectivity index (χ3v) is 8.59. The summed E-state index contributed by atoms with van der Waals surface area (Å²) < 4.78 is 12.7. The molecule has 0 aliphatic carbocycles. The number of aromatic nitrogens is 1. The van der Waals surface area contributed by atoms with Gasteiger partial charge in [0.25, 0.3) is 11.5 Å². The van der Waals surface area contributed by atoms with Crippen LogP contribution in [0.25, 0.3) is 0 Å². The van der Waals surface area contributed by atoms with Gasteiger partial charge in [-0.25, -0.2) is 9.69 Å². The highest BCUT2D eigenvalue weighted by atomic mass is 16.5. The van der Waals surface area contributed by atoms with Crippen molar-refractivity contribution in [3.8, 4) is 11.5 Å². The maximum absolute atomic E-state index is 14.5. The summed E-state index contributed by atoms with van der Waals surface area (Å²) in [6.45, 7) is 4.40. The van der Waals surface area contributed by atoms with Crippen LogP contribution in [0.5, 0.6) is 11.5 Å². The smallest absolute Gasteiger partial charge is 0.335 e. The Kier molecular flexibility index (Phi) is 7.32. The SMILES string of the molecule is CCOc1ccc(C[C@@]2(CN3C[C@@H]4C[C@H](C3)c3cccc(=O)n3C4)C(=O)NC(=O)N(c3ccc(OC)cc3)C2=O)cc1. The third kappa shape index (κ3) is 4.96. The summed E-state index contributed by atoms with van der Waals surface area (Å²) >= 11 is 0. The Labute approximate surface area is 243 Å². The number of hydrogen-bond donors (Lipinski definition) is 1. The number of nitrogens with one attached hydrogen (secondary N) is 1. The van der Waals surface area contributed by atoms with Crippen molar-refractivity contribution < 1.29 is 23.9 Å². The molecule has 2 bridgehead atoms. The summed E-state index contributed by atoms with van der Waals surface area (Å²) in [7, 11) is 1.54. The lowest BCUT2D eigenvalue weighted by Crippen LogP contribution is -2.68. The van der Waals surface area contributed by atoms with Crippen LogP contribution in [0.1, 0.15) is 30.5 Å². The molecule has 1 aromatic heterocycles. The molecule has 1 N–H and O–H groups in total. The zero-order valence-corrected chi connectivity index (χ0v) is 23.7. The Morgan fingerprint density at radius 3 is 2.36 bits per heavy atom. The van der Waals surface area contributed by atoms with Crippen LogP contribution in [0.2, 0.25) is 0 Å². The Morgan fingerprint density at radius 2 is 1.64 bits per heavy atom. The standard InChI is InChI=1S/C32H34N4O6/c1-3-42-26-11-7-21(8-12-26)16-32(20-34-17-22-15-23(19-34)27-5-4-6-28(37)35(27)18-22)29(38)33-31(40)36(30(32)39)24-9-13-25(41-2)14-10-24/h4-14,22-23H,3,15-20H2,1-2H3,(H,33,38,40)/t22-,23+,32+/m0/s1. The van der Waals surface area contributed by atoms with Gasteiger partial charge < -0.3 is 18.9 Å². The van der Waals surface area contributed by atoms with E-state index in [1.165, 1.54) is 7.11 Å². The molecular weight excluding hydrogens is 536 g/mol. The van der Waals surface area contributed by atoms with Crippen molar-refractivity contribution in [2.45, 2.75) is 32.2 Å². The number of fused-ring (bicyclic) bond motifs is 4. The van der Waals surface area contributed by atoms with Crippen LogP contribution in [0.15, 0.2) is 71.5 Å². The first kappa shape index (κ1) is 27.7. The maximum Gasteiger partial charge on any atom is 0.335 e. The number of barbiturate groups is 1. The van der Waals surface area contributed by atoms with Gasteiger partial charge in [0.1, 0.15) is 16.9 Å². The zero-order chi connectivity index (χ0) is 29.4. The van der Waals surface area contributed by atoms with E-state index in [4.69, 9.17) is 9.47 Å². The molecule has 6 rings (SSSR count). The number of carbonyl (C=O) groups excluding carboxylic acids is 3. The molecule has 10 nitrogen and oxygen atoms in total. The number of urea groups is 1. The van der Waals surface area contributed by atoms with Gasteiger partial charge in [0.05, 0.1) is 19.4 Å². The third-order valence-electron chi connectivity index (χ3n) is 8.59. The van der Waals surface area contributed by atoms with Crippen molar-refractivity contribution in [2.24, 2.45) is 11.3 Å². The van der Waals surface area contributed by atoms with Crippen LogP contribution in [0.4, 0.5) is 10.5 Å².